The molecule has 1 heterocycles. The second-order valence-electron chi connectivity index (χ2n) is 7.92. The number of ether oxygens (including phenoxy) is 1. The summed E-state index contributed by atoms with van der Waals surface area (Å²) >= 11 is 8.68. The average Bonchev–Trinajstić information content (AvgIpc) is 3.23. The van der Waals surface area contributed by atoms with Crippen molar-refractivity contribution < 1.29 is 22.5 Å². The molecule has 0 aliphatic rings. The predicted molar refractivity (Wildman–Crippen MR) is 146 cm³/mol. The van der Waals surface area contributed by atoms with E-state index in [0.29, 0.717) is 33.8 Å². The normalized spacial score (nSPS) is 11.1. The second-order valence-corrected chi connectivity index (χ2v) is 10.9. The number of thiocarbonyl (C=S) groups is 1. The third-order valence-electron chi connectivity index (χ3n) is 4.97. The van der Waals surface area contributed by atoms with Gasteiger partial charge >= 0.3 is 0 Å². The summed E-state index contributed by atoms with van der Waals surface area (Å²) in [5, 5.41) is 9.17. The topological polar surface area (TPSA) is 123 Å². The molecule has 3 N–H and O–H groups in total. The van der Waals surface area contributed by atoms with E-state index in [1.54, 1.807) is 25.1 Å². The molecule has 9 nitrogen and oxygen atoms in total. The number of sulfonamides is 1. The van der Waals surface area contributed by atoms with Crippen molar-refractivity contribution >= 4 is 60.7 Å². The van der Waals surface area contributed by atoms with E-state index in [2.05, 4.69) is 43.4 Å². The summed E-state index contributed by atoms with van der Waals surface area (Å²) in [5.41, 5.74) is 0.907. The van der Waals surface area contributed by atoms with Gasteiger partial charge in [0.15, 0.2) is 10.9 Å². The van der Waals surface area contributed by atoms with Crippen LogP contribution in [-0.2, 0) is 10.0 Å². The van der Waals surface area contributed by atoms with Gasteiger partial charge in [-0.2, -0.15) is 0 Å². The van der Waals surface area contributed by atoms with Crippen LogP contribution >= 0.6 is 28.1 Å². The second kappa shape index (κ2) is 12.8. The van der Waals surface area contributed by atoms with E-state index >= 15 is 0 Å². The van der Waals surface area contributed by atoms with E-state index in [1.807, 2.05) is 0 Å². The number of carbonyl (C=O) groups excluding carboxylic acids is 1. The number of nitrogens with zero attached hydrogens (tertiary/aromatic N) is 1. The Balaban J connectivity index is 1.53. The van der Waals surface area contributed by atoms with Crippen molar-refractivity contribution in [2.75, 3.05) is 16.6 Å². The van der Waals surface area contributed by atoms with Gasteiger partial charge in [-0.3, -0.25) is 14.8 Å². The quantitative estimate of drug-likeness (QED) is 0.193. The highest BCUT2D eigenvalue weighted by atomic mass is 79.9. The van der Waals surface area contributed by atoms with Crippen molar-refractivity contribution in [3.63, 3.8) is 0 Å². The van der Waals surface area contributed by atoms with Crippen molar-refractivity contribution in [1.82, 2.24) is 10.5 Å². The number of carbonyl (C=O) groups is 1. The number of rotatable bonds is 11. The number of unbranched alkanes of at least 4 members (excludes halogenated alkanes) is 3. The van der Waals surface area contributed by atoms with Crippen molar-refractivity contribution in [2.24, 2.45) is 0 Å². The van der Waals surface area contributed by atoms with Crippen molar-refractivity contribution in [1.29, 1.82) is 0 Å². The van der Waals surface area contributed by atoms with Crippen LogP contribution in [0.1, 0.15) is 48.7 Å². The fraction of sp³-hybridized carbons (Fsp3) is 0.292. The van der Waals surface area contributed by atoms with Gasteiger partial charge in [-0.05, 0) is 84.0 Å². The SMILES string of the molecule is CCCCCCOc1ccc(C(=O)NC(=S)Nc2ccc(S(=O)(=O)Nc3cc(C)on3)cc2)cc1Br. The number of hydrogen-bond donors (Lipinski definition) is 3. The first kappa shape index (κ1) is 27.6. The van der Waals surface area contributed by atoms with Crippen LogP contribution in [0, 0.1) is 6.92 Å². The highest BCUT2D eigenvalue weighted by Gasteiger charge is 2.17. The van der Waals surface area contributed by atoms with Crippen LogP contribution in [0.15, 0.2) is 62.4 Å². The molecule has 0 unspecified atom stereocenters. The first-order chi connectivity index (χ1) is 17.2. The summed E-state index contributed by atoms with van der Waals surface area (Å²) in [4.78, 5) is 12.6. The van der Waals surface area contributed by atoms with Crippen LogP contribution in [-0.4, -0.2) is 31.2 Å². The van der Waals surface area contributed by atoms with Gasteiger partial charge in [0.05, 0.1) is 16.0 Å². The van der Waals surface area contributed by atoms with Gasteiger partial charge in [0.2, 0.25) is 0 Å². The largest absolute Gasteiger partial charge is 0.492 e. The number of hydrogen-bond acceptors (Lipinski definition) is 7. The molecule has 0 aliphatic carbocycles. The summed E-state index contributed by atoms with van der Waals surface area (Å²) in [6, 6.07) is 12.4. The third kappa shape index (κ3) is 8.04. The Morgan fingerprint density at radius 1 is 1.11 bits per heavy atom. The molecular weight excluding hydrogens is 568 g/mol. The first-order valence-electron chi connectivity index (χ1n) is 11.3. The van der Waals surface area contributed by atoms with Crippen LogP contribution in [0.5, 0.6) is 5.75 Å². The average molecular weight is 596 g/mol. The summed E-state index contributed by atoms with van der Waals surface area (Å²) in [7, 11) is -3.84. The van der Waals surface area contributed by atoms with E-state index in [9.17, 15) is 13.2 Å². The highest BCUT2D eigenvalue weighted by Crippen LogP contribution is 2.26. The third-order valence-corrected chi connectivity index (χ3v) is 7.16. The molecule has 0 spiro atoms. The Labute approximate surface area is 224 Å². The van der Waals surface area contributed by atoms with Crippen LogP contribution in [0.4, 0.5) is 11.5 Å². The molecule has 192 valence electrons. The minimum absolute atomic E-state index is 0.0289. The zero-order chi connectivity index (χ0) is 26.1. The molecule has 36 heavy (non-hydrogen) atoms. The maximum absolute atomic E-state index is 12.6. The Morgan fingerprint density at radius 2 is 1.86 bits per heavy atom. The Hall–Kier alpha value is -2.96. The van der Waals surface area contributed by atoms with E-state index in [0.717, 1.165) is 12.8 Å². The molecule has 2 aromatic carbocycles. The molecule has 0 radical (unpaired) electrons. The molecule has 0 bridgehead atoms. The molecule has 0 fully saturated rings. The summed E-state index contributed by atoms with van der Waals surface area (Å²) in [5.74, 6) is 0.856. The van der Waals surface area contributed by atoms with Gasteiger partial charge < -0.3 is 14.6 Å². The molecule has 0 saturated carbocycles. The number of halogens is 1. The fourth-order valence-corrected chi connectivity index (χ4v) is 4.82. The van der Waals surface area contributed by atoms with Gasteiger partial charge in [-0.15, -0.1) is 0 Å². The molecular formula is C24H27BrN4O5S2. The van der Waals surface area contributed by atoms with Crippen molar-refractivity contribution in [3.8, 4) is 5.75 Å². The van der Waals surface area contributed by atoms with E-state index in [1.165, 1.54) is 43.2 Å². The summed E-state index contributed by atoms with van der Waals surface area (Å²) in [6.45, 7) is 4.44. The van der Waals surface area contributed by atoms with Crippen LogP contribution < -0.4 is 20.1 Å². The highest BCUT2D eigenvalue weighted by molar-refractivity contribution is 9.10. The predicted octanol–water partition coefficient (Wildman–Crippen LogP) is 5.63. The number of benzene rings is 2. The zero-order valence-electron chi connectivity index (χ0n) is 19.8. The van der Waals surface area contributed by atoms with E-state index in [4.69, 9.17) is 21.5 Å². The lowest BCUT2D eigenvalue weighted by molar-refractivity contribution is 0.0977. The number of aryl methyl sites for hydroxylation is 1. The minimum atomic E-state index is -3.84. The molecule has 12 heteroatoms. The van der Waals surface area contributed by atoms with Crippen LogP contribution in [0.3, 0.4) is 0 Å². The molecule has 0 aliphatic heterocycles. The molecule has 0 atom stereocenters. The number of amides is 1. The first-order valence-corrected chi connectivity index (χ1v) is 14.0. The Bertz CT molecular complexity index is 1310. The van der Waals surface area contributed by atoms with Crippen molar-refractivity contribution in [3.05, 3.63) is 64.3 Å². The van der Waals surface area contributed by atoms with Gasteiger partial charge in [0, 0.05) is 17.3 Å². The summed E-state index contributed by atoms with van der Waals surface area (Å²) in [6.07, 6.45) is 4.45. The summed E-state index contributed by atoms with van der Waals surface area (Å²) < 4.78 is 38.6. The molecule has 3 aromatic rings. The van der Waals surface area contributed by atoms with Gasteiger partial charge in [-0.1, -0.05) is 31.3 Å². The number of aromatic nitrogens is 1. The maximum atomic E-state index is 12.6. The monoisotopic (exact) mass is 594 g/mol. The minimum Gasteiger partial charge on any atom is -0.492 e. The van der Waals surface area contributed by atoms with Crippen LogP contribution in [0.25, 0.3) is 0 Å². The standard InChI is InChI=1S/C24H27BrN4O5S2/c1-3-4-5-6-13-33-21-12-7-17(15-20(21)25)23(30)27-24(35)26-18-8-10-19(11-9-18)36(31,32)29-22-14-16(2)34-28-22/h7-12,14-15H,3-6,13H2,1-2H3,(H,28,29)(H2,26,27,30,35). The lowest BCUT2D eigenvalue weighted by atomic mass is 10.2. The maximum Gasteiger partial charge on any atom is 0.263 e. The number of nitrogens with one attached hydrogen (secondary N) is 3. The zero-order valence-corrected chi connectivity index (χ0v) is 23.1. The van der Waals surface area contributed by atoms with Gasteiger partial charge in [0.25, 0.3) is 15.9 Å². The molecule has 1 amide bonds. The smallest absolute Gasteiger partial charge is 0.263 e. The van der Waals surface area contributed by atoms with Crippen LogP contribution in [0.2, 0.25) is 0 Å². The van der Waals surface area contributed by atoms with Crippen molar-refractivity contribution in [2.45, 2.75) is 44.4 Å². The number of anilines is 2. The molecule has 0 saturated heterocycles. The van der Waals surface area contributed by atoms with E-state index < -0.39 is 15.9 Å². The fourth-order valence-electron chi connectivity index (χ4n) is 3.14. The van der Waals surface area contributed by atoms with E-state index in [-0.39, 0.29) is 15.8 Å². The Kier molecular flexibility index (Phi) is 9.85. The van der Waals surface area contributed by atoms with Gasteiger partial charge in [-0.25, -0.2) is 8.42 Å². The van der Waals surface area contributed by atoms with Gasteiger partial charge in [0.1, 0.15) is 11.5 Å². The Morgan fingerprint density at radius 3 is 2.50 bits per heavy atom. The molecule has 1 aromatic heterocycles. The lowest BCUT2D eigenvalue weighted by Crippen LogP contribution is -2.34. The molecule has 3 rings (SSSR count). The lowest BCUT2D eigenvalue weighted by Gasteiger charge is -2.12.